The normalized spacial score (nSPS) is 26.9. The largest absolute Gasteiger partial charge is 0.316 e. The average molecular weight is 258 g/mol. The molecule has 3 heteroatoms. The van der Waals surface area contributed by atoms with E-state index in [-0.39, 0.29) is 5.92 Å². The van der Waals surface area contributed by atoms with Crippen molar-refractivity contribution in [3.63, 3.8) is 0 Å². The summed E-state index contributed by atoms with van der Waals surface area (Å²) in [4.78, 5) is 14.8. The molecule has 0 spiro atoms. The fourth-order valence-corrected chi connectivity index (χ4v) is 3.33. The lowest BCUT2D eigenvalue weighted by Crippen LogP contribution is -2.46. The fourth-order valence-electron chi connectivity index (χ4n) is 3.33. The summed E-state index contributed by atoms with van der Waals surface area (Å²) in [5.41, 5.74) is 2.45. The van der Waals surface area contributed by atoms with Crippen molar-refractivity contribution in [2.45, 2.75) is 26.2 Å². The molecule has 0 bridgehead atoms. The number of benzene rings is 1. The van der Waals surface area contributed by atoms with Gasteiger partial charge in [0.25, 0.3) is 0 Å². The van der Waals surface area contributed by atoms with Crippen molar-refractivity contribution in [1.29, 1.82) is 0 Å². The van der Waals surface area contributed by atoms with Gasteiger partial charge in [-0.2, -0.15) is 0 Å². The van der Waals surface area contributed by atoms with Crippen LogP contribution >= 0.6 is 0 Å². The van der Waals surface area contributed by atoms with E-state index in [1.54, 1.807) is 0 Å². The lowest BCUT2D eigenvalue weighted by molar-refractivity contribution is -0.123. The first-order chi connectivity index (χ1) is 9.25. The van der Waals surface area contributed by atoms with Gasteiger partial charge in [-0.05, 0) is 43.4 Å². The monoisotopic (exact) mass is 258 g/mol. The third-order valence-corrected chi connectivity index (χ3v) is 4.30. The maximum Gasteiger partial charge on any atom is 0.231 e. The molecule has 2 heterocycles. The summed E-state index contributed by atoms with van der Waals surface area (Å²) in [6.07, 6.45) is 3.20. The molecule has 1 saturated heterocycles. The summed E-state index contributed by atoms with van der Waals surface area (Å²) in [5, 5.41) is 3.38. The number of hydrogen-bond acceptors (Lipinski definition) is 2. The van der Waals surface area contributed by atoms with Crippen molar-refractivity contribution >= 4 is 11.6 Å². The van der Waals surface area contributed by atoms with Gasteiger partial charge in [0.2, 0.25) is 5.91 Å². The standard InChI is InChI=1S/C16H22N2O/c1-12-9-14(11-17-10-12)16(19)18-8-4-6-13-5-2-3-7-15(13)18/h2-3,5,7,12,14,17H,4,6,8-11H2,1H3. The molecule has 3 rings (SSSR count). The zero-order valence-electron chi connectivity index (χ0n) is 11.6. The van der Waals surface area contributed by atoms with Crippen LogP contribution in [-0.2, 0) is 11.2 Å². The van der Waals surface area contributed by atoms with Crippen LogP contribution in [0.4, 0.5) is 5.69 Å². The SMILES string of the molecule is CC1CNCC(C(=O)N2CCCc3ccccc32)C1. The first-order valence-corrected chi connectivity index (χ1v) is 7.35. The maximum absolute atomic E-state index is 12.7. The Hall–Kier alpha value is -1.35. The summed E-state index contributed by atoms with van der Waals surface area (Å²) in [6.45, 7) is 4.97. The number of amides is 1. The van der Waals surface area contributed by atoms with Gasteiger partial charge in [-0.25, -0.2) is 0 Å². The van der Waals surface area contributed by atoms with Gasteiger partial charge in [0.15, 0.2) is 0 Å². The number of nitrogens with one attached hydrogen (secondary N) is 1. The van der Waals surface area contributed by atoms with E-state index in [0.717, 1.165) is 44.6 Å². The van der Waals surface area contributed by atoms with Gasteiger partial charge in [-0.15, -0.1) is 0 Å². The van der Waals surface area contributed by atoms with Crippen molar-refractivity contribution in [2.24, 2.45) is 11.8 Å². The van der Waals surface area contributed by atoms with Crippen molar-refractivity contribution < 1.29 is 4.79 Å². The molecule has 0 aromatic heterocycles. The number of fused-ring (bicyclic) bond motifs is 1. The Morgan fingerprint density at radius 1 is 1.32 bits per heavy atom. The molecular weight excluding hydrogens is 236 g/mol. The van der Waals surface area contributed by atoms with E-state index in [1.165, 1.54) is 5.56 Å². The van der Waals surface area contributed by atoms with Gasteiger partial charge in [0.1, 0.15) is 0 Å². The lowest BCUT2D eigenvalue weighted by Gasteiger charge is -2.35. The molecule has 1 N–H and O–H groups in total. The van der Waals surface area contributed by atoms with Crippen molar-refractivity contribution in [3.8, 4) is 0 Å². The minimum Gasteiger partial charge on any atom is -0.316 e. The number of hydrogen-bond donors (Lipinski definition) is 1. The topological polar surface area (TPSA) is 32.3 Å². The molecule has 2 unspecified atom stereocenters. The number of carbonyl (C=O) groups is 1. The minimum absolute atomic E-state index is 0.148. The van der Waals surface area contributed by atoms with Crippen LogP contribution in [0.1, 0.15) is 25.3 Å². The van der Waals surface area contributed by atoms with E-state index in [1.807, 2.05) is 11.0 Å². The Kier molecular flexibility index (Phi) is 3.56. The second-order valence-corrected chi connectivity index (χ2v) is 5.92. The second kappa shape index (κ2) is 5.33. The molecule has 2 aliphatic heterocycles. The van der Waals surface area contributed by atoms with Crippen molar-refractivity contribution in [3.05, 3.63) is 29.8 Å². The Morgan fingerprint density at radius 2 is 2.16 bits per heavy atom. The number of carbonyl (C=O) groups excluding carboxylic acids is 1. The van der Waals surface area contributed by atoms with Gasteiger partial charge < -0.3 is 10.2 Å². The van der Waals surface area contributed by atoms with Crippen LogP contribution in [0, 0.1) is 11.8 Å². The molecule has 0 radical (unpaired) electrons. The zero-order valence-corrected chi connectivity index (χ0v) is 11.6. The lowest BCUT2D eigenvalue weighted by atomic mass is 9.90. The molecule has 1 aromatic rings. The Morgan fingerprint density at radius 3 is 3.00 bits per heavy atom. The number of nitrogens with zero attached hydrogens (tertiary/aromatic N) is 1. The van der Waals surface area contributed by atoms with Gasteiger partial charge in [0.05, 0.1) is 5.92 Å². The Balaban J connectivity index is 1.81. The highest BCUT2D eigenvalue weighted by atomic mass is 16.2. The summed E-state index contributed by atoms with van der Waals surface area (Å²) < 4.78 is 0. The predicted octanol–water partition coefficient (Wildman–Crippen LogP) is 2.21. The van der Waals surface area contributed by atoms with E-state index >= 15 is 0 Å². The maximum atomic E-state index is 12.7. The van der Waals surface area contributed by atoms with Crippen LogP contribution < -0.4 is 10.2 Å². The van der Waals surface area contributed by atoms with Gasteiger partial charge in [-0.1, -0.05) is 25.1 Å². The highest BCUT2D eigenvalue weighted by Crippen LogP contribution is 2.29. The summed E-state index contributed by atoms with van der Waals surface area (Å²) in [7, 11) is 0. The van der Waals surface area contributed by atoms with Gasteiger partial charge >= 0.3 is 0 Å². The highest BCUT2D eigenvalue weighted by Gasteiger charge is 2.31. The Labute approximate surface area is 115 Å². The molecule has 0 saturated carbocycles. The zero-order chi connectivity index (χ0) is 13.2. The molecule has 19 heavy (non-hydrogen) atoms. The molecule has 1 aromatic carbocycles. The van der Waals surface area contributed by atoms with Gasteiger partial charge in [0, 0.05) is 18.8 Å². The van der Waals surface area contributed by atoms with Crippen LogP contribution in [0.15, 0.2) is 24.3 Å². The number of piperidine rings is 1. The molecular formula is C16H22N2O. The molecule has 2 atom stereocenters. The van der Waals surface area contributed by atoms with Crippen LogP contribution in [-0.4, -0.2) is 25.5 Å². The van der Waals surface area contributed by atoms with E-state index in [9.17, 15) is 4.79 Å². The highest BCUT2D eigenvalue weighted by molar-refractivity contribution is 5.96. The summed E-state index contributed by atoms with van der Waals surface area (Å²) in [6, 6.07) is 8.34. The molecule has 3 nitrogen and oxygen atoms in total. The summed E-state index contributed by atoms with van der Waals surface area (Å²) in [5.74, 6) is 1.06. The fraction of sp³-hybridized carbons (Fsp3) is 0.562. The van der Waals surface area contributed by atoms with Crippen LogP contribution in [0.3, 0.4) is 0 Å². The quantitative estimate of drug-likeness (QED) is 0.837. The molecule has 102 valence electrons. The second-order valence-electron chi connectivity index (χ2n) is 5.92. The Bertz CT molecular complexity index is 472. The van der Waals surface area contributed by atoms with Crippen LogP contribution in [0.25, 0.3) is 0 Å². The molecule has 0 aliphatic carbocycles. The number of rotatable bonds is 1. The number of aryl methyl sites for hydroxylation is 1. The molecule has 1 fully saturated rings. The van der Waals surface area contributed by atoms with E-state index in [4.69, 9.17) is 0 Å². The van der Waals surface area contributed by atoms with Crippen LogP contribution in [0.5, 0.6) is 0 Å². The first-order valence-electron chi connectivity index (χ1n) is 7.35. The number of anilines is 1. The third-order valence-electron chi connectivity index (χ3n) is 4.30. The summed E-state index contributed by atoms with van der Waals surface area (Å²) >= 11 is 0. The van der Waals surface area contributed by atoms with E-state index in [2.05, 4.69) is 30.4 Å². The molecule has 2 aliphatic rings. The van der Waals surface area contributed by atoms with E-state index in [0.29, 0.717) is 11.8 Å². The first kappa shape index (κ1) is 12.7. The molecule has 1 amide bonds. The minimum atomic E-state index is 0.148. The van der Waals surface area contributed by atoms with Gasteiger partial charge in [-0.3, -0.25) is 4.79 Å². The van der Waals surface area contributed by atoms with Crippen molar-refractivity contribution in [2.75, 3.05) is 24.5 Å². The average Bonchev–Trinajstić information content (AvgIpc) is 2.46. The van der Waals surface area contributed by atoms with Crippen LogP contribution in [0.2, 0.25) is 0 Å². The van der Waals surface area contributed by atoms with Crippen molar-refractivity contribution in [1.82, 2.24) is 5.32 Å². The number of para-hydroxylation sites is 1. The third kappa shape index (κ3) is 2.52. The smallest absolute Gasteiger partial charge is 0.231 e. The predicted molar refractivity (Wildman–Crippen MR) is 77.3 cm³/mol. The van der Waals surface area contributed by atoms with E-state index < -0.39 is 0 Å².